The van der Waals surface area contributed by atoms with Crippen molar-refractivity contribution in [2.45, 2.75) is 0 Å². The lowest BCUT2D eigenvalue weighted by Gasteiger charge is -2.13. The van der Waals surface area contributed by atoms with Gasteiger partial charge in [0.15, 0.2) is 0 Å². The summed E-state index contributed by atoms with van der Waals surface area (Å²) in [4.78, 5) is 18.8. The summed E-state index contributed by atoms with van der Waals surface area (Å²) in [6.07, 6.45) is 11.3. The van der Waals surface area contributed by atoms with Crippen molar-refractivity contribution < 1.29 is 0 Å². The number of pyridine rings is 4. The molecule has 6 heteroatoms. The molecule has 0 aliphatic carbocycles. The summed E-state index contributed by atoms with van der Waals surface area (Å²) in [5.41, 5.74) is 11.4. The molecule has 0 unspecified atom stereocenters. The molecule has 0 N–H and O–H groups in total. The van der Waals surface area contributed by atoms with Crippen molar-refractivity contribution in [3.8, 4) is 33.6 Å². The number of hydrogen-bond acceptors (Lipinski definition) is 4. The van der Waals surface area contributed by atoms with Crippen LogP contribution >= 0.6 is 0 Å². The summed E-state index contributed by atoms with van der Waals surface area (Å²) in [5.74, 6) is 0. The molecule has 0 bridgehead atoms. The molecule has 0 aliphatic heterocycles. The first-order valence-corrected chi connectivity index (χ1v) is 14.5. The number of aromatic nitrogens is 6. The average Bonchev–Trinajstić information content (AvgIpc) is 3.62. The lowest BCUT2D eigenvalue weighted by Crippen LogP contribution is -1.98. The molecule has 0 saturated carbocycles. The van der Waals surface area contributed by atoms with Gasteiger partial charge in [-0.05, 0) is 71.8 Å². The molecule has 6 nitrogen and oxygen atoms in total. The Kier molecular flexibility index (Phi) is 5.40. The molecule has 44 heavy (non-hydrogen) atoms. The first kappa shape index (κ1) is 24.5. The predicted molar refractivity (Wildman–Crippen MR) is 177 cm³/mol. The van der Waals surface area contributed by atoms with Crippen molar-refractivity contribution in [3.05, 3.63) is 146 Å². The zero-order chi connectivity index (χ0) is 29.0. The highest BCUT2D eigenvalue weighted by molar-refractivity contribution is 6.24. The van der Waals surface area contributed by atoms with Crippen molar-refractivity contribution in [1.82, 2.24) is 29.1 Å². The summed E-state index contributed by atoms with van der Waals surface area (Å²) in [5, 5.41) is 3.25. The van der Waals surface area contributed by atoms with Crippen molar-refractivity contribution in [2.24, 2.45) is 0 Å². The van der Waals surface area contributed by atoms with Crippen molar-refractivity contribution >= 4 is 43.9 Å². The van der Waals surface area contributed by atoms with E-state index in [2.05, 4.69) is 104 Å². The lowest BCUT2D eigenvalue weighted by atomic mass is 9.99. The van der Waals surface area contributed by atoms with Gasteiger partial charge in [-0.2, -0.15) is 0 Å². The molecule has 0 spiro atoms. The third kappa shape index (κ3) is 3.68. The van der Waals surface area contributed by atoms with E-state index in [0.29, 0.717) is 0 Å². The van der Waals surface area contributed by atoms with Crippen molar-refractivity contribution in [3.63, 3.8) is 0 Å². The SMILES string of the molecule is c1ccc(-n2c3cccnc3c3cnc4c(c5ccccc5n4-c4cc(-c5cccnc5)cc(-c5cccnc5)c4)c32)cc1. The van der Waals surface area contributed by atoms with Crippen LogP contribution in [0.2, 0.25) is 0 Å². The van der Waals surface area contributed by atoms with Crippen LogP contribution in [0.1, 0.15) is 0 Å². The molecule has 9 rings (SSSR count). The van der Waals surface area contributed by atoms with E-state index in [-0.39, 0.29) is 0 Å². The van der Waals surface area contributed by atoms with E-state index in [4.69, 9.17) is 9.97 Å². The Balaban J connectivity index is 1.43. The number of nitrogens with zero attached hydrogens (tertiary/aromatic N) is 6. The number of hydrogen-bond donors (Lipinski definition) is 0. The molecule has 0 atom stereocenters. The summed E-state index contributed by atoms with van der Waals surface area (Å²) < 4.78 is 4.61. The second kappa shape index (κ2) is 9.71. The van der Waals surface area contributed by atoms with E-state index in [9.17, 15) is 0 Å². The van der Waals surface area contributed by atoms with Gasteiger partial charge < -0.3 is 4.57 Å². The quantitative estimate of drug-likeness (QED) is 0.214. The summed E-state index contributed by atoms with van der Waals surface area (Å²) in [6.45, 7) is 0. The predicted octanol–water partition coefficient (Wildman–Crippen LogP) is 8.79. The molecule has 0 fully saturated rings. The lowest BCUT2D eigenvalue weighted by molar-refractivity contribution is 1.14. The monoisotopic (exact) mass is 564 g/mol. The largest absolute Gasteiger partial charge is 0.307 e. The molecule has 6 heterocycles. The number of para-hydroxylation sites is 2. The van der Waals surface area contributed by atoms with E-state index in [1.165, 1.54) is 0 Å². The van der Waals surface area contributed by atoms with Gasteiger partial charge in [-0.1, -0.05) is 48.5 Å². The third-order valence-electron chi connectivity index (χ3n) is 8.34. The minimum atomic E-state index is 0.888. The first-order chi connectivity index (χ1) is 21.8. The van der Waals surface area contributed by atoms with Crippen LogP contribution in [0, 0.1) is 0 Å². The van der Waals surface area contributed by atoms with E-state index >= 15 is 0 Å². The van der Waals surface area contributed by atoms with Gasteiger partial charge in [0.25, 0.3) is 0 Å². The van der Waals surface area contributed by atoms with Crippen LogP contribution in [-0.4, -0.2) is 29.1 Å². The molecule has 0 amide bonds. The zero-order valence-corrected chi connectivity index (χ0v) is 23.5. The van der Waals surface area contributed by atoms with Gasteiger partial charge in [0.1, 0.15) is 5.65 Å². The molecule has 0 radical (unpaired) electrons. The van der Waals surface area contributed by atoms with Crippen molar-refractivity contribution in [2.75, 3.05) is 0 Å². The molecule has 0 saturated heterocycles. The fourth-order valence-corrected chi connectivity index (χ4v) is 6.46. The molecule has 6 aromatic heterocycles. The number of benzene rings is 3. The minimum Gasteiger partial charge on any atom is -0.307 e. The van der Waals surface area contributed by atoms with E-state index in [1.807, 2.05) is 49.1 Å². The van der Waals surface area contributed by atoms with Crippen LogP contribution < -0.4 is 0 Å². The van der Waals surface area contributed by atoms with Gasteiger partial charge in [0, 0.05) is 70.5 Å². The van der Waals surface area contributed by atoms with Crippen LogP contribution in [0.25, 0.3) is 77.5 Å². The maximum atomic E-state index is 5.17. The normalized spacial score (nSPS) is 11.6. The smallest absolute Gasteiger partial charge is 0.147 e. The van der Waals surface area contributed by atoms with Gasteiger partial charge in [0.05, 0.1) is 27.5 Å². The number of fused-ring (bicyclic) bond motifs is 7. The third-order valence-corrected chi connectivity index (χ3v) is 8.34. The van der Waals surface area contributed by atoms with Crippen LogP contribution in [0.4, 0.5) is 0 Å². The number of rotatable bonds is 4. The van der Waals surface area contributed by atoms with Crippen molar-refractivity contribution in [1.29, 1.82) is 0 Å². The van der Waals surface area contributed by atoms with Crippen LogP contribution in [-0.2, 0) is 0 Å². The van der Waals surface area contributed by atoms with Crippen LogP contribution in [0.3, 0.4) is 0 Å². The summed E-state index contributed by atoms with van der Waals surface area (Å²) in [6, 6.07) is 38.0. The second-order valence-electron chi connectivity index (χ2n) is 10.9. The highest BCUT2D eigenvalue weighted by Crippen LogP contribution is 2.41. The van der Waals surface area contributed by atoms with Crippen LogP contribution in [0.15, 0.2) is 146 Å². The Hall–Kier alpha value is -6.14. The maximum absolute atomic E-state index is 5.17. The Bertz CT molecular complexity index is 2420. The van der Waals surface area contributed by atoms with Crippen LogP contribution in [0.5, 0.6) is 0 Å². The second-order valence-corrected chi connectivity index (χ2v) is 10.9. The van der Waals surface area contributed by atoms with E-state index in [0.717, 1.165) is 77.5 Å². The Labute approximate surface area is 252 Å². The Morgan fingerprint density at radius 1 is 0.455 bits per heavy atom. The van der Waals surface area contributed by atoms with Gasteiger partial charge in [-0.15, -0.1) is 0 Å². The topological polar surface area (TPSA) is 61.4 Å². The molecular formula is C38H24N6. The minimum absolute atomic E-state index is 0.888. The highest BCUT2D eigenvalue weighted by Gasteiger charge is 2.22. The molecule has 3 aromatic carbocycles. The van der Waals surface area contributed by atoms with Gasteiger partial charge in [0.2, 0.25) is 0 Å². The Morgan fingerprint density at radius 2 is 1.14 bits per heavy atom. The van der Waals surface area contributed by atoms with E-state index in [1.54, 1.807) is 12.4 Å². The zero-order valence-electron chi connectivity index (χ0n) is 23.5. The van der Waals surface area contributed by atoms with E-state index < -0.39 is 0 Å². The fourth-order valence-electron chi connectivity index (χ4n) is 6.46. The molecule has 0 aliphatic rings. The summed E-state index contributed by atoms with van der Waals surface area (Å²) in [7, 11) is 0. The standard InChI is InChI=1S/C38H24N6/c1-2-11-29(12-3-1)43-34-15-8-18-41-36(34)32-24-42-38-35(37(32)43)31-13-4-5-14-33(31)44(38)30-20-27(25-9-6-16-39-22-25)19-28(21-30)26-10-7-17-40-23-26/h1-24H. The van der Waals surface area contributed by atoms with Gasteiger partial charge in [-0.25, -0.2) is 4.98 Å². The summed E-state index contributed by atoms with van der Waals surface area (Å²) >= 11 is 0. The van der Waals surface area contributed by atoms with Gasteiger partial charge in [-0.3, -0.25) is 19.5 Å². The average molecular weight is 565 g/mol. The fraction of sp³-hybridized carbons (Fsp3) is 0. The maximum Gasteiger partial charge on any atom is 0.147 e. The highest BCUT2D eigenvalue weighted by atomic mass is 15.1. The van der Waals surface area contributed by atoms with Gasteiger partial charge >= 0.3 is 0 Å². The Morgan fingerprint density at radius 3 is 1.86 bits per heavy atom. The molecule has 206 valence electrons. The molecular weight excluding hydrogens is 540 g/mol. The molecule has 9 aromatic rings. The first-order valence-electron chi connectivity index (χ1n) is 14.5.